The predicted octanol–water partition coefficient (Wildman–Crippen LogP) is 1.48. The second-order valence-corrected chi connectivity index (χ2v) is 3.40. The van der Waals surface area contributed by atoms with Crippen LogP contribution < -0.4 is 5.32 Å². The van der Waals surface area contributed by atoms with Crippen LogP contribution in [0.5, 0.6) is 0 Å². The molecule has 1 amide bonds. The SMILES string of the molecule is O=C(NCCO)Sc1ccccc1. The Balaban J connectivity index is 2.37. The van der Waals surface area contributed by atoms with E-state index < -0.39 is 0 Å². The highest BCUT2D eigenvalue weighted by Gasteiger charge is 2.01. The average Bonchev–Trinajstić information content (AvgIpc) is 2.16. The van der Waals surface area contributed by atoms with Crippen LogP contribution in [0.1, 0.15) is 0 Å². The molecule has 0 aliphatic heterocycles. The second kappa shape index (κ2) is 5.61. The lowest BCUT2D eigenvalue weighted by molar-refractivity contribution is 0.253. The van der Waals surface area contributed by atoms with Gasteiger partial charge in [-0.25, -0.2) is 0 Å². The van der Waals surface area contributed by atoms with E-state index in [1.54, 1.807) is 0 Å². The number of rotatable bonds is 3. The summed E-state index contributed by atoms with van der Waals surface area (Å²) in [6.45, 7) is 0.278. The molecule has 0 unspecified atom stereocenters. The van der Waals surface area contributed by atoms with E-state index in [4.69, 9.17) is 5.11 Å². The highest BCUT2D eigenvalue weighted by molar-refractivity contribution is 8.13. The molecule has 1 aromatic rings. The first-order valence-electron chi connectivity index (χ1n) is 3.94. The third-order valence-corrected chi connectivity index (χ3v) is 2.17. The van der Waals surface area contributed by atoms with Crippen LogP contribution in [0, 0.1) is 0 Å². The lowest BCUT2D eigenvalue weighted by Crippen LogP contribution is -2.21. The van der Waals surface area contributed by atoms with Gasteiger partial charge in [0.2, 0.25) is 0 Å². The predicted molar refractivity (Wildman–Crippen MR) is 52.8 cm³/mol. The van der Waals surface area contributed by atoms with Crippen LogP contribution in [0.4, 0.5) is 4.79 Å². The normalized spacial score (nSPS) is 9.62. The Morgan fingerprint density at radius 1 is 1.38 bits per heavy atom. The number of aliphatic hydroxyl groups excluding tert-OH is 1. The van der Waals surface area contributed by atoms with Crippen LogP contribution in [0.15, 0.2) is 35.2 Å². The van der Waals surface area contributed by atoms with Crippen molar-refractivity contribution >= 4 is 17.0 Å². The van der Waals surface area contributed by atoms with E-state index >= 15 is 0 Å². The first kappa shape index (κ1) is 10.1. The molecule has 0 aliphatic rings. The molecule has 0 heterocycles. The number of carbonyl (C=O) groups excluding carboxylic acids is 1. The number of benzene rings is 1. The molecule has 0 spiro atoms. The second-order valence-electron chi connectivity index (χ2n) is 2.35. The summed E-state index contributed by atoms with van der Waals surface area (Å²) >= 11 is 1.12. The van der Waals surface area contributed by atoms with E-state index in [1.165, 1.54) is 0 Å². The van der Waals surface area contributed by atoms with Crippen molar-refractivity contribution in [2.24, 2.45) is 0 Å². The number of amides is 1. The molecule has 4 heteroatoms. The van der Waals surface area contributed by atoms with Crippen molar-refractivity contribution in [3.05, 3.63) is 30.3 Å². The molecule has 3 nitrogen and oxygen atoms in total. The zero-order valence-corrected chi connectivity index (χ0v) is 7.88. The maximum Gasteiger partial charge on any atom is 0.283 e. The smallest absolute Gasteiger partial charge is 0.283 e. The highest BCUT2D eigenvalue weighted by Crippen LogP contribution is 2.16. The Bertz CT molecular complexity index is 264. The number of hydrogen-bond donors (Lipinski definition) is 2. The van der Waals surface area contributed by atoms with Gasteiger partial charge in [0.15, 0.2) is 0 Å². The number of nitrogens with one attached hydrogen (secondary N) is 1. The lowest BCUT2D eigenvalue weighted by Gasteiger charge is -2.01. The fourth-order valence-corrected chi connectivity index (χ4v) is 1.47. The Morgan fingerprint density at radius 2 is 2.08 bits per heavy atom. The van der Waals surface area contributed by atoms with Crippen molar-refractivity contribution in [2.45, 2.75) is 4.90 Å². The molecule has 1 aromatic carbocycles. The molecule has 0 atom stereocenters. The zero-order chi connectivity index (χ0) is 9.52. The van der Waals surface area contributed by atoms with Crippen molar-refractivity contribution < 1.29 is 9.90 Å². The largest absolute Gasteiger partial charge is 0.395 e. The molecule has 0 saturated carbocycles. The minimum absolute atomic E-state index is 0.0267. The van der Waals surface area contributed by atoms with Crippen LogP contribution >= 0.6 is 11.8 Å². The monoisotopic (exact) mass is 197 g/mol. The van der Waals surface area contributed by atoms with Gasteiger partial charge in [0.25, 0.3) is 5.24 Å². The van der Waals surface area contributed by atoms with Gasteiger partial charge in [-0.05, 0) is 23.9 Å². The van der Waals surface area contributed by atoms with Crippen molar-refractivity contribution in [1.82, 2.24) is 5.32 Å². The summed E-state index contributed by atoms with van der Waals surface area (Å²) in [4.78, 5) is 12.0. The van der Waals surface area contributed by atoms with Gasteiger partial charge in [0, 0.05) is 11.4 Å². The molecule has 0 aromatic heterocycles. The fourth-order valence-electron chi connectivity index (χ4n) is 0.790. The molecule has 0 saturated heterocycles. The van der Waals surface area contributed by atoms with Crippen molar-refractivity contribution in [1.29, 1.82) is 0 Å². The molecule has 70 valence electrons. The van der Waals surface area contributed by atoms with Gasteiger partial charge in [-0.2, -0.15) is 0 Å². The number of hydrogen-bond acceptors (Lipinski definition) is 3. The van der Waals surface area contributed by atoms with Gasteiger partial charge < -0.3 is 10.4 Å². The van der Waals surface area contributed by atoms with Gasteiger partial charge in [-0.1, -0.05) is 18.2 Å². The molecule has 0 bridgehead atoms. The molecular formula is C9H11NO2S. The van der Waals surface area contributed by atoms with Crippen LogP contribution in [0.25, 0.3) is 0 Å². The molecule has 2 N–H and O–H groups in total. The number of aliphatic hydroxyl groups is 1. The summed E-state index contributed by atoms with van der Waals surface area (Å²) in [5, 5.41) is 10.9. The van der Waals surface area contributed by atoms with E-state index in [-0.39, 0.29) is 11.8 Å². The van der Waals surface area contributed by atoms with Gasteiger partial charge >= 0.3 is 0 Å². The van der Waals surface area contributed by atoms with Crippen LogP contribution in [0.2, 0.25) is 0 Å². The number of thioether (sulfide) groups is 1. The topological polar surface area (TPSA) is 49.3 Å². The molecule has 1 rings (SSSR count). The summed E-state index contributed by atoms with van der Waals surface area (Å²) in [5.74, 6) is 0. The Morgan fingerprint density at radius 3 is 2.69 bits per heavy atom. The third kappa shape index (κ3) is 3.96. The van der Waals surface area contributed by atoms with E-state index in [1.807, 2.05) is 30.3 Å². The Labute approximate surface area is 81.2 Å². The minimum atomic E-state index is -0.139. The van der Waals surface area contributed by atoms with Gasteiger partial charge in [-0.15, -0.1) is 0 Å². The molecular weight excluding hydrogens is 186 g/mol. The minimum Gasteiger partial charge on any atom is -0.395 e. The fraction of sp³-hybridized carbons (Fsp3) is 0.222. The quantitative estimate of drug-likeness (QED) is 0.722. The Kier molecular flexibility index (Phi) is 4.35. The standard InChI is InChI=1S/C9H11NO2S/c11-7-6-10-9(12)13-8-4-2-1-3-5-8/h1-5,11H,6-7H2,(H,10,12). The maximum absolute atomic E-state index is 11.1. The van der Waals surface area contributed by atoms with Crippen molar-refractivity contribution in [2.75, 3.05) is 13.2 Å². The molecule has 0 radical (unpaired) electrons. The van der Waals surface area contributed by atoms with Gasteiger partial charge in [-0.3, -0.25) is 4.79 Å². The van der Waals surface area contributed by atoms with E-state index in [9.17, 15) is 4.79 Å². The zero-order valence-electron chi connectivity index (χ0n) is 7.06. The molecule has 0 aliphatic carbocycles. The van der Waals surface area contributed by atoms with E-state index in [2.05, 4.69) is 5.32 Å². The third-order valence-electron chi connectivity index (χ3n) is 1.33. The Hall–Kier alpha value is -1.00. The van der Waals surface area contributed by atoms with Crippen LogP contribution in [-0.2, 0) is 0 Å². The summed E-state index contributed by atoms with van der Waals surface area (Å²) in [7, 11) is 0. The van der Waals surface area contributed by atoms with Gasteiger partial charge in [0.1, 0.15) is 0 Å². The summed E-state index contributed by atoms with van der Waals surface area (Å²) < 4.78 is 0. The summed E-state index contributed by atoms with van der Waals surface area (Å²) in [6.07, 6.45) is 0. The maximum atomic E-state index is 11.1. The van der Waals surface area contributed by atoms with Crippen molar-refractivity contribution in [3.63, 3.8) is 0 Å². The van der Waals surface area contributed by atoms with Gasteiger partial charge in [0.05, 0.1) is 6.61 Å². The van der Waals surface area contributed by atoms with E-state index in [0.29, 0.717) is 6.54 Å². The lowest BCUT2D eigenvalue weighted by atomic mass is 10.4. The average molecular weight is 197 g/mol. The first-order chi connectivity index (χ1) is 6.33. The van der Waals surface area contributed by atoms with Crippen molar-refractivity contribution in [3.8, 4) is 0 Å². The molecule has 0 fully saturated rings. The van der Waals surface area contributed by atoms with Crippen LogP contribution in [-0.4, -0.2) is 23.5 Å². The number of carbonyl (C=O) groups is 1. The van der Waals surface area contributed by atoms with E-state index in [0.717, 1.165) is 16.7 Å². The summed E-state index contributed by atoms with van der Waals surface area (Å²) in [5.41, 5.74) is 0. The molecule has 13 heavy (non-hydrogen) atoms. The highest BCUT2D eigenvalue weighted by atomic mass is 32.2. The summed E-state index contributed by atoms with van der Waals surface area (Å²) in [6, 6.07) is 9.38. The first-order valence-corrected chi connectivity index (χ1v) is 4.76. The van der Waals surface area contributed by atoms with Crippen LogP contribution in [0.3, 0.4) is 0 Å².